The van der Waals surface area contributed by atoms with Crippen molar-refractivity contribution in [3.05, 3.63) is 40.5 Å². The Bertz CT molecular complexity index is 518. The first-order valence-electron chi connectivity index (χ1n) is 4.48. The summed E-state index contributed by atoms with van der Waals surface area (Å²) in [7, 11) is 0. The van der Waals surface area contributed by atoms with Gasteiger partial charge in [-0.05, 0) is 34.1 Å². The van der Waals surface area contributed by atoms with Gasteiger partial charge in [0.1, 0.15) is 6.07 Å². The lowest BCUT2D eigenvalue weighted by Crippen LogP contribution is -2.01. The highest BCUT2D eigenvalue weighted by atomic mass is 79.9. The van der Waals surface area contributed by atoms with E-state index in [4.69, 9.17) is 5.26 Å². The Labute approximate surface area is 100 Å². The summed E-state index contributed by atoms with van der Waals surface area (Å²) in [6.45, 7) is 0.481. The minimum Gasteiger partial charge on any atom is -0.378 e. The highest BCUT2D eigenvalue weighted by molar-refractivity contribution is 9.10. The monoisotopic (exact) mass is 278 g/mol. The summed E-state index contributed by atoms with van der Waals surface area (Å²) in [4.78, 5) is 3.88. The van der Waals surface area contributed by atoms with Crippen LogP contribution in [0.25, 0.3) is 0 Å². The Morgan fingerprint density at radius 2 is 2.38 bits per heavy atom. The van der Waals surface area contributed by atoms with Crippen LogP contribution < -0.4 is 5.32 Å². The smallest absolute Gasteiger partial charge is 0.213 e. The van der Waals surface area contributed by atoms with Gasteiger partial charge in [-0.25, -0.2) is 0 Å². The van der Waals surface area contributed by atoms with E-state index in [2.05, 4.69) is 42.0 Å². The molecule has 0 saturated heterocycles. The van der Waals surface area contributed by atoms with E-state index in [-0.39, 0.29) is 0 Å². The quantitative estimate of drug-likeness (QED) is 0.933. The van der Waals surface area contributed by atoms with Gasteiger partial charge in [-0.15, -0.1) is 0 Å². The number of aromatic nitrogens is 2. The molecule has 0 saturated carbocycles. The predicted octanol–water partition coefficient (Wildman–Crippen LogP) is 2.32. The third kappa shape index (κ3) is 2.38. The van der Waals surface area contributed by atoms with Crippen molar-refractivity contribution in [2.75, 3.05) is 5.32 Å². The van der Waals surface area contributed by atoms with E-state index in [1.807, 2.05) is 12.1 Å². The molecule has 0 amide bonds. The average Bonchev–Trinajstić information content (AvgIpc) is 2.79. The van der Waals surface area contributed by atoms with E-state index < -0.39 is 0 Å². The maximum absolute atomic E-state index is 8.76. The molecule has 0 atom stereocenters. The molecule has 5 nitrogen and oxygen atoms in total. The van der Waals surface area contributed by atoms with Crippen molar-refractivity contribution in [1.82, 2.24) is 10.1 Å². The molecule has 1 heterocycles. The summed E-state index contributed by atoms with van der Waals surface area (Å²) in [5.41, 5.74) is 1.49. The SMILES string of the molecule is N#Cc1ccc(NCc2ncon2)cc1Br. The third-order valence-electron chi connectivity index (χ3n) is 1.95. The van der Waals surface area contributed by atoms with Gasteiger partial charge < -0.3 is 9.84 Å². The topological polar surface area (TPSA) is 74.7 Å². The van der Waals surface area contributed by atoms with E-state index in [9.17, 15) is 0 Å². The molecule has 16 heavy (non-hydrogen) atoms. The van der Waals surface area contributed by atoms with Crippen LogP contribution in [0, 0.1) is 11.3 Å². The van der Waals surface area contributed by atoms with Crippen LogP contribution >= 0.6 is 15.9 Å². The minimum atomic E-state index is 0.481. The Balaban J connectivity index is 2.06. The number of halogens is 1. The molecule has 0 aliphatic carbocycles. The summed E-state index contributed by atoms with van der Waals surface area (Å²) in [6.07, 6.45) is 1.28. The van der Waals surface area contributed by atoms with E-state index in [0.717, 1.165) is 10.2 Å². The molecule has 0 aliphatic heterocycles. The summed E-state index contributed by atoms with van der Waals surface area (Å²) in [6, 6.07) is 7.47. The van der Waals surface area contributed by atoms with Gasteiger partial charge in [-0.2, -0.15) is 10.2 Å². The second kappa shape index (κ2) is 4.77. The number of hydrogen-bond acceptors (Lipinski definition) is 5. The maximum Gasteiger partial charge on any atom is 0.213 e. The fourth-order valence-electron chi connectivity index (χ4n) is 1.17. The number of nitrogens with one attached hydrogen (secondary N) is 1. The van der Waals surface area contributed by atoms with E-state index >= 15 is 0 Å². The normalized spacial score (nSPS) is 9.75. The molecular formula is C10H7BrN4O. The fraction of sp³-hybridized carbons (Fsp3) is 0.100. The van der Waals surface area contributed by atoms with Crippen LogP contribution in [0.3, 0.4) is 0 Å². The Morgan fingerprint density at radius 3 is 3.00 bits per heavy atom. The summed E-state index contributed by atoms with van der Waals surface area (Å²) in [5, 5.41) is 15.5. The third-order valence-corrected chi connectivity index (χ3v) is 2.60. The fourth-order valence-corrected chi connectivity index (χ4v) is 1.63. The van der Waals surface area contributed by atoms with Crippen LogP contribution in [-0.4, -0.2) is 10.1 Å². The van der Waals surface area contributed by atoms with Gasteiger partial charge in [-0.3, -0.25) is 0 Å². The molecule has 1 N–H and O–H groups in total. The minimum absolute atomic E-state index is 0.481. The molecule has 0 fully saturated rings. The standard InChI is InChI=1S/C10H7BrN4O/c11-9-3-8(2-1-7(9)4-12)13-5-10-14-6-16-15-10/h1-3,6,13H,5H2. The molecule has 0 bridgehead atoms. The number of benzene rings is 1. The number of hydrogen-bond donors (Lipinski definition) is 1. The Kier molecular flexibility index (Phi) is 3.17. The van der Waals surface area contributed by atoms with Crippen molar-refractivity contribution >= 4 is 21.6 Å². The lowest BCUT2D eigenvalue weighted by Gasteiger charge is -2.04. The highest BCUT2D eigenvalue weighted by Gasteiger charge is 2.02. The number of nitriles is 1. The zero-order valence-corrected chi connectivity index (χ0v) is 9.73. The number of anilines is 1. The largest absolute Gasteiger partial charge is 0.378 e. The van der Waals surface area contributed by atoms with Gasteiger partial charge in [0.2, 0.25) is 6.39 Å². The molecule has 2 rings (SSSR count). The zero-order chi connectivity index (χ0) is 11.4. The molecule has 80 valence electrons. The van der Waals surface area contributed by atoms with Gasteiger partial charge in [0, 0.05) is 10.2 Å². The van der Waals surface area contributed by atoms with Crippen LogP contribution in [0.5, 0.6) is 0 Å². The van der Waals surface area contributed by atoms with Crippen molar-refractivity contribution in [3.8, 4) is 6.07 Å². The van der Waals surface area contributed by atoms with E-state index in [0.29, 0.717) is 17.9 Å². The van der Waals surface area contributed by atoms with Crippen LogP contribution in [0.2, 0.25) is 0 Å². The van der Waals surface area contributed by atoms with Gasteiger partial charge in [-0.1, -0.05) is 5.16 Å². The lowest BCUT2D eigenvalue weighted by molar-refractivity contribution is 0.411. The van der Waals surface area contributed by atoms with Crippen molar-refractivity contribution in [2.24, 2.45) is 0 Å². The van der Waals surface area contributed by atoms with Gasteiger partial charge in [0.05, 0.1) is 12.1 Å². The Morgan fingerprint density at radius 1 is 1.50 bits per heavy atom. The molecule has 1 aromatic carbocycles. The summed E-state index contributed by atoms with van der Waals surface area (Å²) < 4.78 is 5.37. The van der Waals surface area contributed by atoms with Gasteiger partial charge >= 0.3 is 0 Å². The molecular weight excluding hydrogens is 272 g/mol. The molecule has 0 radical (unpaired) electrons. The predicted molar refractivity (Wildman–Crippen MR) is 60.5 cm³/mol. The summed E-state index contributed by atoms with van der Waals surface area (Å²) in [5.74, 6) is 0.584. The van der Waals surface area contributed by atoms with Crippen molar-refractivity contribution in [2.45, 2.75) is 6.54 Å². The zero-order valence-electron chi connectivity index (χ0n) is 8.14. The highest BCUT2D eigenvalue weighted by Crippen LogP contribution is 2.20. The van der Waals surface area contributed by atoms with Gasteiger partial charge in [0.15, 0.2) is 5.82 Å². The molecule has 1 aromatic heterocycles. The number of rotatable bonds is 3. The van der Waals surface area contributed by atoms with Crippen molar-refractivity contribution in [1.29, 1.82) is 5.26 Å². The maximum atomic E-state index is 8.76. The van der Waals surface area contributed by atoms with Crippen LogP contribution in [-0.2, 0) is 6.54 Å². The van der Waals surface area contributed by atoms with Crippen LogP contribution in [0.4, 0.5) is 5.69 Å². The van der Waals surface area contributed by atoms with Crippen molar-refractivity contribution < 1.29 is 4.52 Å². The van der Waals surface area contributed by atoms with Gasteiger partial charge in [0.25, 0.3) is 0 Å². The molecule has 0 spiro atoms. The van der Waals surface area contributed by atoms with E-state index in [1.54, 1.807) is 6.07 Å². The average molecular weight is 279 g/mol. The van der Waals surface area contributed by atoms with Crippen LogP contribution in [0.15, 0.2) is 33.6 Å². The van der Waals surface area contributed by atoms with Crippen LogP contribution in [0.1, 0.15) is 11.4 Å². The Hall–Kier alpha value is -1.87. The molecule has 0 unspecified atom stereocenters. The first kappa shape index (κ1) is 10.6. The number of nitrogens with zero attached hydrogens (tertiary/aromatic N) is 3. The molecule has 0 aliphatic rings. The first-order valence-corrected chi connectivity index (χ1v) is 5.27. The molecule has 6 heteroatoms. The summed E-state index contributed by atoms with van der Waals surface area (Å²) >= 11 is 3.31. The second-order valence-corrected chi connectivity index (χ2v) is 3.86. The van der Waals surface area contributed by atoms with E-state index in [1.165, 1.54) is 6.39 Å². The lowest BCUT2D eigenvalue weighted by atomic mass is 10.2. The molecule has 2 aromatic rings. The second-order valence-electron chi connectivity index (χ2n) is 3.01. The first-order chi connectivity index (χ1) is 7.79. The van der Waals surface area contributed by atoms with Crippen molar-refractivity contribution in [3.63, 3.8) is 0 Å².